The smallest absolute Gasteiger partial charge is 0.240 e. The van der Waals surface area contributed by atoms with Crippen LogP contribution in [0.25, 0.3) is 0 Å². The van der Waals surface area contributed by atoms with Crippen molar-refractivity contribution in [3.63, 3.8) is 0 Å². The summed E-state index contributed by atoms with van der Waals surface area (Å²) in [7, 11) is -3.52. The molecule has 0 radical (unpaired) electrons. The average molecular weight is 269 g/mol. The third-order valence-electron chi connectivity index (χ3n) is 3.37. The molecule has 0 saturated heterocycles. The van der Waals surface area contributed by atoms with Crippen molar-refractivity contribution >= 4 is 10.0 Å². The molecule has 0 amide bonds. The molecule has 1 aromatic rings. The van der Waals surface area contributed by atoms with E-state index in [9.17, 15) is 13.5 Å². The Bertz CT molecular complexity index is 495. The standard InChI is InChI=1S/C13H19NO3S/c1-10-6-8-11(9-7-10)18(16,17)14-12-4-2-3-5-13(12)15/h6-9,12-15H,2-5H2,1H3/t12-,13-/m0/s1. The minimum Gasteiger partial charge on any atom is -0.391 e. The summed E-state index contributed by atoms with van der Waals surface area (Å²) >= 11 is 0. The van der Waals surface area contributed by atoms with Crippen LogP contribution in [0.4, 0.5) is 0 Å². The summed E-state index contributed by atoms with van der Waals surface area (Å²) in [5.41, 5.74) is 1.02. The van der Waals surface area contributed by atoms with Crippen LogP contribution in [0.3, 0.4) is 0 Å². The number of aliphatic hydroxyl groups excluding tert-OH is 1. The molecule has 0 unspecified atom stereocenters. The maximum atomic E-state index is 12.1. The van der Waals surface area contributed by atoms with Crippen molar-refractivity contribution in [2.24, 2.45) is 0 Å². The van der Waals surface area contributed by atoms with Crippen LogP contribution in [0, 0.1) is 6.92 Å². The summed E-state index contributed by atoms with van der Waals surface area (Å²) in [5, 5.41) is 9.80. The number of hydrogen-bond donors (Lipinski definition) is 2. The molecular weight excluding hydrogens is 250 g/mol. The number of aryl methyl sites for hydroxylation is 1. The number of benzene rings is 1. The van der Waals surface area contributed by atoms with Crippen LogP contribution in [0.5, 0.6) is 0 Å². The predicted molar refractivity (Wildman–Crippen MR) is 69.8 cm³/mol. The van der Waals surface area contributed by atoms with E-state index in [4.69, 9.17) is 0 Å². The molecule has 2 rings (SSSR count). The molecule has 1 fully saturated rings. The van der Waals surface area contributed by atoms with E-state index in [1.807, 2.05) is 6.92 Å². The van der Waals surface area contributed by atoms with Crippen molar-refractivity contribution in [3.8, 4) is 0 Å². The zero-order valence-electron chi connectivity index (χ0n) is 10.5. The first-order valence-corrected chi connectivity index (χ1v) is 7.74. The molecule has 0 bridgehead atoms. The lowest BCUT2D eigenvalue weighted by molar-refractivity contribution is 0.101. The Morgan fingerprint density at radius 3 is 2.39 bits per heavy atom. The van der Waals surface area contributed by atoms with Crippen LogP contribution in [0.2, 0.25) is 0 Å². The highest BCUT2D eigenvalue weighted by molar-refractivity contribution is 7.89. The number of aliphatic hydroxyl groups is 1. The molecule has 1 aliphatic carbocycles. The predicted octanol–water partition coefficient (Wildman–Crippen LogP) is 1.58. The minimum absolute atomic E-state index is 0.255. The van der Waals surface area contributed by atoms with Crippen LogP contribution < -0.4 is 4.72 Å². The Morgan fingerprint density at radius 1 is 1.17 bits per heavy atom. The molecule has 5 heteroatoms. The van der Waals surface area contributed by atoms with Gasteiger partial charge in [0.2, 0.25) is 10.0 Å². The summed E-state index contributed by atoms with van der Waals surface area (Å²) in [5.74, 6) is 0. The molecule has 2 N–H and O–H groups in total. The molecule has 0 spiro atoms. The first-order chi connectivity index (χ1) is 8.49. The lowest BCUT2D eigenvalue weighted by Gasteiger charge is -2.28. The minimum atomic E-state index is -3.52. The van der Waals surface area contributed by atoms with Gasteiger partial charge in [0.15, 0.2) is 0 Å². The molecule has 1 saturated carbocycles. The highest BCUT2D eigenvalue weighted by atomic mass is 32.2. The molecule has 0 heterocycles. The lowest BCUT2D eigenvalue weighted by atomic mass is 9.93. The zero-order valence-corrected chi connectivity index (χ0v) is 11.3. The lowest BCUT2D eigenvalue weighted by Crippen LogP contribution is -2.44. The van der Waals surface area contributed by atoms with Crippen LogP contribution in [0.15, 0.2) is 29.2 Å². The average Bonchev–Trinajstić information content (AvgIpc) is 2.32. The molecule has 1 aliphatic rings. The van der Waals surface area contributed by atoms with Crippen LogP contribution in [-0.2, 0) is 10.0 Å². The fourth-order valence-electron chi connectivity index (χ4n) is 2.23. The first kappa shape index (κ1) is 13.5. The summed E-state index contributed by atoms with van der Waals surface area (Å²) in [6.45, 7) is 1.91. The van der Waals surface area contributed by atoms with Crippen molar-refractivity contribution in [2.75, 3.05) is 0 Å². The molecule has 2 atom stereocenters. The molecule has 0 aromatic heterocycles. The van der Waals surface area contributed by atoms with Crippen molar-refractivity contribution in [1.29, 1.82) is 0 Å². The molecule has 4 nitrogen and oxygen atoms in total. The molecule has 0 aliphatic heterocycles. The van der Waals surface area contributed by atoms with Crippen molar-refractivity contribution < 1.29 is 13.5 Å². The Labute approximate surface area is 108 Å². The molecule has 1 aromatic carbocycles. The topological polar surface area (TPSA) is 66.4 Å². The van der Waals surface area contributed by atoms with Gasteiger partial charge in [-0.2, -0.15) is 0 Å². The Kier molecular flexibility index (Phi) is 4.04. The normalized spacial score (nSPS) is 25.0. The second-order valence-electron chi connectivity index (χ2n) is 4.89. The van der Waals surface area contributed by atoms with E-state index in [-0.39, 0.29) is 10.9 Å². The van der Waals surface area contributed by atoms with Crippen LogP contribution in [0.1, 0.15) is 31.2 Å². The van der Waals surface area contributed by atoms with Gasteiger partial charge in [-0.15, -0.1) is 0 Å². The van der Waals surface area contributed by atoms with Crippen molar-refractivity contribution in [2.45, 2.75) is 49.6 Å². The van der Waals surface area contributed by atoms with Gasteiger partial charge in [-0.25, -0.2) is 13.1 Å². The van der Waals surface area contributed by atoms with Gasteiger partial charge < -0.3 is 5.11 Å². The van der Waals surface area contributed by atoms with Crippen molar-refractivity contribution in [1.82, 2.24) is 4.72 Å². The second-order valence-corrected chi connectivity index (χ2v) is 6.61. The van der Waals surface area contributed by atoms with Gasteiger partial charge in [-0.1, -0.05) is 30.5 Å². The highest BCUT2D eigenvalue weighted by Gasteiger charge is 2.27. The van der Waals surface area contributed by atoms with Gasteiger partial charge in [0.1, 0.15) is 0 Å². The fourth-order valence-corrected chi connectivity index (χ4v) is 3.54. The largest absolute Gasteiger partial charge is 0.391 e. The van der Waals surface area contributed by atoms with Gasteiger partial charge in [0.05, 0.1) is 11.0 Å². The summed E-state index contributed by atoms with van der Waals surface area (Å²) in [6.07, 6.45) is 2.72. The molecule has 18 heavy (non-hydrogen) atoms. The van der Waals surface area contributed by atoms with E-state index in [0.717, 1.165) is 18.4 Å². The fraction of sp³-hybridized carbons (Fsp3) is 0.538. The molecule has 100 valence electrons. The van der Waals surface area contributed by atoms with E-state index in [2.05, 4.69) is 4.72 Å². The highest BCUT2D eigenvalue weighted by Crippen LogP contribution is 2.20. The maximum Gasteiger partial charge on any atom is 0.240 e. The van der Waals surface area contributed by atoms with Crippen LogP contribution in [-0.4, -0.2) is 25.7 Å². The van der Waals surface area contributed by atoms with Gasteiger partial charge >= 0.3 is 0 Å². The van der Waals surface area contributed by atoms with Crippen molar-refractivity contribution in [3.05, 3.63) is 29.8 Å². The van der Waals surface area contributed by atoms with Gasteiger partial charge in [-0.05, 0) is 31.9 Å². The summed E-state index contributed by atoms with van der Waals surface area (Å²) in [4.78, 5) is 0.255. The maximum absolute atomic E-state index is 12.1. The number of sulfonamides is 1. The Balaban J connectivity index is 2.13. The van der Waals surface area contributed by atoms with E-state index in [1.165, 1.54) is 0 Å². The summed E-state index contributed by atoms with van der Waals surface area (Å²) < 4.78 is 26.9. The van der Waals surface area contributed by atoms with Crippen LogP contribution >= 0.6 is 0 Å². The Morgan fingerprint density at radius 2 is 1.78 bits per heavy atom. The zero-order chi connectivity index (χ0) is 13.2. The third kappa shape index (κ3) is 3.10. The SMILES string of the molecule is Cc1ccc(S(=O)(=O)N[C@H]2CCCC[C@@H]2O)cc1. The third-order valence-corrected chi connectivity index (χ3v) is 4.87. The van der Waals surface area contributed by atoms with E-state index < -0.39 is 16.1 Å². The number of hydrogen-bond acceptors (Lipinski definition) is 3. The van der Waals surface area contributed by atoms with Gasteiger partial charge in [-0.3, -0.25) is 0 Å². The van der Waals surface area contributed by atoms with Gasteiger partial charge in [0.25, 0.3) is 0 Å². The van der Waals surface area contributed by atoms with E-state index in [1.54, 1.807) is 24.3 Å². The first-order valence-electron chi connectivity index (χ1n) is 6.26. The van der Waals surface area contributed by atoms with Gasteiger partial charge in [0, 0.05) is 6.04 Å². The van der Waals surface area contributed by atoms with E-state index in [0.29, 0.717) is 12.8 Å². The second kappa shape index (κ2) is 5.38. The Hall–Kier alpha value is -0.910. The number of nitrogens with one attached hydrogen (secondary N) is 1. The monoisotopic (exact) mass is 269 g/mol. The summed E-state index contributed by atoms with van der Waals surface area (Å²) in [6, 6.07) is 6.36. The quantitative estimate of drug-likeness (QED) is 0.875. The van der Waals surface area contributed by atoms with E-state index >= 15 is 0 Å². The number of rotatable bonds is 3. The molecular formula is C13H19NO3S.